The molecule has 0 aliphatic rings. The lowest BCUT2D eigenvalue weighted by Crippen LogP contribution is -2.16. The molecule has 7 nitrogen and oxygen atoms in total. The molecule has 2 rings (SSSR count). The highest BCUT2D eigenvalue weighted by Gasteiger charge is 2.21. The van der Waals surface area contributed by atoms with Crippen LogP contribution in [0, 0.1) is 13.8 Å². The molecule has 0 fully saturated rings. The van der Waals surface area contributed by atoms with E-state index in [0.717, 1.165) is 0 Å². The average Bonchev–Trinajstić information content (AvgIpc) is 2.90. The largest absolute Gasteiger partial charge is 0.497 e. The highest BCUT2D eigenvalue weighted by Crippen LogP contribution is 2.24. The summed E-state index contributed by atoms with van der Waals surface area (Å²) in [6, 6.07) is 4.82. The van der Waals surface area contributed by atoms with E-state index >= 15 is 0 Å². The summed E-state index contributed by atoms with van der Waals surface area (Å²) in [4.78, 5) is 24.3. The number of carbonyl (C=O) groups excluding carboxylic acids is 2. The maximum absolute atomic E-state index is 12.3. The van der Waals surface area contributed by atoms with Gasteiger partial charge in [0.15, 0.2) is 6.61 Å². The van der Waals surface area contributed by atoms with E-state index in [0.29, 0.717) is 23.0 Å². The third kappa shape index (κ3) is 3.50. The van der Waals surface area contributed by atoms with Crippen molar-refractivity contribution in [3.05, 3.63) is 40.8 Å². The third-order valence-electron chi connectivity index (χ3n) is 3.28. The van der Waals surface area contributed by atoms with Crippen LogP contribution >= 0.6 is 0 Å². The normalized spacial score (nSPS) is 10.3. The first-order valence-electron chi connectivity index (χ1n) is 6.83. The molecule has 0 radical (unpaired) electrons. The molecule has 122 valence electrons. The number of ether oxygens (including phenoxy) is 3. The second-order valence-corrected chi connectivity index (χ2v) is 4.76. The Kier molecular flexibility index (Phi) is 5.00. The summed E-state index contributed by atoms with van der Waals surface area (Å²) in [7, 11) is 2.95. The van der Waals surface area contributed by atoms with Crippen LogP contribution in [0.5, 0.6) is 11.5 Å². The first-order chi connectivity index (χ1) is 11.0. The zero-order chi connectivity index (χ0) is 17.0. The molecule has 1 aromatic carbocycles. The summed E-state index contributed by atoms with van der Waals surface area (Å²) in [5, 5.41) is 3.68. The molecular formula is C16H17NO6. The lowest BCUT2D eigenvalue weighted by Gasteiger charge is -2.10. The first kappa shape index (κ1) is 16.5. The van der Waals surface area contributed by atoms with Crippen molar-refractivity contribution in [3.8, 4) is 11.5 Å². The number of hydrogen-bond donors (Lipinski definition) is 0. The predicted octanol–water partition coefficient (Wildman–Crippen LogP) is 2.35. The number of methoxy groups -OCH3 is 2. The zero-order valence-corrected chi connectivity index (χ0v) is 13.3. The molecule has 1 aromatic heterocycles. The minimum atomic E-state index is -0.656. The van der Waals surface area contributed by atoms with Crippen LogP contribution in [-0.2, 0) is 4.74 Å². The Morgan fingerprint density at radius 3 is 2.48 bits per heavy atom. The summed E-state index contributed by atoms with van der Waals surface area (Å²) in [6.07, 6.45) is 0. The molecule has 0 aliphatic carbocycles. The lowest BCUT2D eigenvalue weighted by molar-refractivity contribution is 0.0471. The molecule has 0 bridgehead atoms. The van der Waals surface area contributed by atoms with E-state index in [1.54, 1.807) is 26.0 Å². The number of esters is 1. The minimum absolute atomic E-state index is 0.232. The fraction of sp³-hybridized carbons (Fsp3) is 0.312. The molecule has 0 aliphatic heterocycles. The number of aryl methyl sites for hydroxylation is 2. The van der Waals surface area contributed by atoms with Gasteiger partial charge < -0.3 is 18.7 Å². The summed E-state index contributed by atoms with van der Waals surface area (Å²) >= 11 is 0. The van der Waals surface area contributed by atoms with Crippen molar-refractivity contribution < 1.29 is 28.3 Å². The number of nitrogens with zero attached hydrogens (tertiary/aromatic N) is 1. The Hall–Kier alpha value is -2.83. The molecule has 2 aromatic rings. The number of aromatic nitrogens is 1. The van der Waals surface area contributed by atoms with Gasteiger partial charge in [0.2, 0.25) is 5.78 Å². The van der Waals surface area contributed by atoms with E-state index in [1.165, 1.54) is 20.3 Å². The van der Waals surface area contributed by atoms with E-state index in [1.807, 2.05) is 0 Å². The Labute approximate surface area is 133 Å². The van der Waals surface area contributed by atoms with Crippen LogP contribution in [0.25, 0.3) is 0 Å². The van der Waals surface area contributed by atoms with Crippen molar-refractivity contribution in [3.63, 3.8) is 0 Å². The van der Waals surface area contributed by atoms with E-state index in [-0.39, 0.29) is 11.1 Å². The predicted molar refractivity (Wildman–Crippen MR) is 80.1 cm³/mol. The molecular weight excluding hydrogens is 302 g/mol. The smallest absolute Gasteiger partial charge is 0.344 e. The Balaban J connectivity index is 2.12. The van der Waals surface area contributed by atoms with Crippen molar-refractivity contribution in [2.24, 2.45) is 0 Å². The van der Waals surface area contributed by atoms with Gasteiger partial charge in [-0.1, -0.05) is 5.16 Å². The van der Waals surface area contributed by atoms with Crippen molar-refractivity contribution >= 4 is 11.8 Å². The van der Waals surface area contributed by atoms with Gasteiger partial charge in [-0.15, -0.1) is 0 Å². The van der Waals surface area contributed by atoms with Crippen LogP contribution in [0.15, 0.2) is 22.7 Å². The Morgan fingerprint density at radius 1 is 1.17 bits per heavy atom. The van der Waals surface area contributed by atoms with E-state index in [4.69, 9.17) is 18.7 Å². The summed E-state index contributed by atoms with van der Waals surface area (Å²) in [5.74, 6) is 0.173. The third-order valence-corrected chi connectivity index (χ3v) is 3.28. The number of hydrogen-bond acceptors (Lipinski definition) is 7. The molecule has 0 unspecified atom stereocenters. The highest BCUT2D eigenvalue weighted by molar-refractivity contribution is 6.02. The lowest BCUT2D eigenvalue weighted by atomic mass is 10.1. The van der Waals surface area contributed by atoms with Crippen molar-refractivity contribution in [2.45, 2.75) is 13.8 Å². The molecule has 0 N–H and O–H groups in total. The molecule has 1 heterocycles. The SMILES string of the molecule is COc1ccc(OC)c(C(=O)COC(=O)c2c(C)noc2C)c1. The van der Waals surface area contributed by atoms with Crippen LogP contribution in [0.1, 0.15) is 32.2 Å². The van der Waals surface area contributed by atoms with Crippen LogP contribution in [0.2, 0.25) is 0 Å². The van der Waals surface area contributed by atoms with Gasteiger partial charge in [0.25, 0.3) is 0 Å². The average molecular weight is 319 g/mol. The van der Waals surface area contributed by atoms with Gasteiger partial charge >= 0.3 is 5.97 Å². The fourth-order valence-corrected chi connectivity index (χ4v) is 2.09. The topological polar surface area (TPSA) is 87.9 Å². The summed E-state index contributed by atoms with van der Waals surface area (Å²) in [5.41, 5.74) is 0.924. The van der Waals surface area contributed by atoms with Crippen LogP contribution in [-0.4, -0.2) is 37.7 Å². The number of Topliss-reactive ketones (excluding diaryl/α,β-unsaturated/α-hetero) is 1. The minimum Gasteiger partial charge on any atom is -0.497 e. The van der Waals surface area contributed by atoms with Gasteiger partial charge in [0.1, 0.15) is 22.8 Å². The maximum atomic E-state index is 12.3. The number of benzene rings is 1. The maximum Gasteiger partial charge on any atom is 0.344 e. The first-order valence-corrected chi connectivity index (χ1v) is 6.83. The van der Waals surface area contributed by atoms with Gasteiger partial charge in [0.05, 0.1) is 25.5 Å². The van der Waals surface area contributed by atoms with Crippen LogP contribution in [0.3, 0.4) is 0 Å². The summed E-state index contributed by atoms with van der Waals surface area (Å²) < 4.78 is 20.2. The molecule has 0 spiro atoms. The molecule has 0 atom stereocenters. The van der Waals surface area contributed by atoms with E-state index in [9.17, 15) is 9.59 Å². The highest BCUT2D eigenvalue weighted by atomic mass is 16.5. The standard InChI is InChI=1S/C16H17NO6/c1-9-15(10(2)23-17-9)16(19)22-8-13(18)12-7-11(20-3)5-6-14(12)21-4/h5-7H,8H2,1-4H3. The van der Waals surface area contributed by atoms with Gasteiger partial charge in [-0.3, -0.25) is 4.79 Å². The molecule has 0 saturated heterocycles. The number of rotatable bonds is 6. The second kappa shape index (κ2) is 6.95. The molecule has 7 heteroatoms. The van der Waals surface area contributed by atoms with Gasteiger partial charge in [-0.2, -0.15) is 0 Å². The van der Waals surface area contributed by atoms with Crippen molar-refractivity contribution in [1.82, 2.24) is 5.16 Å². The number of ketones is 1. The summed E-state index contributed by atoms with van der Waals surface area (Å²) in [6.45, 7) is 2.80. The fourth-order valence-electron chi connectivity index (χ4n) is 2.09. The van der Waals surface area contributed by atoms with Crippen molar-refractivity contribution in [1.29, 1.82) is 0 Å². The van der Waals surface area contributed by atoms with Gasteiger partial charge in [-0.05, 0) is 32.0 Å². The Bertz CT molecular complexity index is 715. The Morgan fingerprint density at radius 2 is 1.91 bits per heavy atom. The molecule has 0 amide bonds. The quantitative estimate of drug-likeness (QED) is 0.596. The van der Waals surface area contributed by atoms with Crippen LogP contribution < -0.4 is 9.47 Å². The van der Waals surface area contributed by atoms with Gasteiger partial charge in [-0.25, -0.2) is 4.79 Å². The van der Waals surface area contributed by atoms with E-state index < -0.39 is 18.4 Å². The monoisotopic (exact) mass is 319 g/mol. The zero-order valence-electron chi connectivity index (χ0n) is 13.3. The van der Waals surface area contributed by atoms with Gasteiger partial charge in [0, 0.05) is 0 Å². The number of carbonyl (C=O) groups is 2. The van der Waals surface area contributed by atoms with Crippen molar-refractivity contribution in [2.75, 3.05) is 20.8 Å². The molecule has 0 saturated carbocycles. The second-order valence-electron chi connectivity index (χ2n) is 4.76. The molecule has 23 heavy (non-hydrogen) atoms. The van der Waals surface area contributed by atoms with E-state index in [2.05, 4.69) is 5.16 Å². The van der Waals surface area contributed by atoms with Crippen LogP contribution in [0.4, 0.5) is 0 Å².